The van der Waals surface area contributed by atoms with Crippen molar-refractivity contribution in [2.75, 3.05) is 6.54 Å². The summed E-state index contributed by atoms with van der Waals surface area (Å²) in [7, 11) is 0. The number of alkyl halides is 3. The van der Waals surface area contributed by atoms with Gasteiger partial charge in [-0.1, -0.05) is 6.07 Å². The van der Waals surface area contributed by atoms with Crippen molar-refractivity contribution in [2.24, 2.45) is 0 Å². The maximum atomic E-state index is 13.0. The summed E-state index contributed by atoms with van der Waals surface area (Å²) in [6, 6.07) is 2.86. The van der Waals surface area contributed by atoms with Crippen LogP contribution in [0.1, 0.15) is 23.5 Å². The number of amides is 1. The number of halogens is 4. The molecule has 1 N–H and O–H groups in total. The van der Waals surface area contributed by atoms with Crippen molar-refractivity contribution >= 4 is 5.91 Å². The Bertz CT molecular complexity index is 455. The van der Waals surface area contributed by atoms with Crippen LogP contribution in [0.15, 0.2) is 18.2 Å². The molecule has 2 nitrogen and oxygen atoms in total. The van der Waals surface area contributed by atoms with E-state index in [1.807, 2.05) is 0 Å². The molecule has 1 unspecified atom stereocenters. The van der Waals surface area contributed by atoms with Gasteiger partial charge in [-0.25, -0.2) is 4.39 Å². The number of nitrogens with one attached hydrogen (secondary N) is 1. The van der Waals surface area contributed by atoms with Gasteiger partial charge in [0.15, 0.2) is 0 Å². The van der Waals surface area contributed by atoms with Crippen LogP contribution in [0.2, 0.25) is 0 Å². The van der Waals surface area contributed by atoms with Crippen molar-refractivity contribution in [3.8, 4) is 0 Å². The lowest BCUT2D eigenvalue weighted by Crippen LogP contribution is -2.14. The molecule has 6 heteroatoms. The minimum absolute atomic E-state index is 0.142. The van der Waals surface area contributed by atoms with Crippen LogP contribution in [0, 0.1) is 5.82 Å². The van der Waals surface area contributed by atoms with Crippen LogP contribution in [0.4, 0.5) is 17.6 Å². The molecule has 92 valence electrons. The summed E-state index contributed by atoms with van der Waals surface area (Å²) < 4.78 is 50.4. The first-order valence-corrected chi connectivity index (χ1v) is 5.01. The Labute approximate surface area is 94.6 Å². The molecule has 0 saturated carbocycles. The third-order valence-corrected chi connectivity index (χ3v) is 2.74. The highest BCUT2D eigenvalue weighted by Crippen LogP contribution is 2.34. The van der Waals surface area contributed by atoms with Gasteiger partial charge in [0.1, 0.15) is 5.82 Å². The topological polar surface area (TPSA) is 29.1 Å². The van der Waals surface area contributed by atoms with Gasteiger partial charge in [0, 0.05) is 18.9 Å². The SMILES string of the molecule is O=C1CC(c2ccc(F)c(C(F)(F)F)c2)CN1. The van der Waals surface area contributed by atoms with Gasteiger partial charge in [-0.2, -0.15) is 13.2 Å². The summed E-state index contributed by atoms with van der Waals surface area (Å²) in [5.41, 5.74) is -0.952. The lowest BCUT2D eigenvalue weighted by molar-refractivity contribution is -0.140. The molecule has 1 aliphatic heterocycles. The van der Waals surface area contributed by atoms with E-state index in [1.54, 1.807) is 0 Å². The van der Waals surface area contributed by atoms with Gasteiger partial charge in [-0.3, -0.25) is 4.79 Å². The lowest BCUT2D eigenvalue weighted by Gasteiger charge is -2.12. The van der Waals surface area contributed by atoms with E-state index in [2.05, 4.69) is 5.32 Å². The quantitative estimate of drug-likeness (QED) is 0.759. The van der Waals surface area contributed by atoms with Gasteiger partial charge in [0.05, 0.1) is 5.56 Å². The number of carbonyl (C=O) groups excluding carboxylic acids is 1. The van der Waals surface area contributed by atoms with E-state index in [9.17, 15) is 22.4 Å². The fourth-order valence-electron chi connectivity index (χ4n) is 1.85. The molecule has 1 saturated heterocycles. The molecule has 17 heavy (non-hydrogen) atoms. The van der Waals surface area contributed by atoms with E-state index in [-0.39, 0.29) is 18.2 Å². The summed E-state index contributed by atoms with van der Waals surface area (Å²) in [6.07, 6.45) is -4.57. The first-order valence-electron chi connectivity index (χ1n) is 5.01. The van der Waals surface area contributed by atoms with E-state index < -0.39 is 17.6 Å². The summed E-state index contributed by atoms with van der Waals surface area (Å²) in [5, 5.41) is 2.53. The number of hydrogen-bond donors (Lipinski definition) is 1. The molecule has 0 radical (unpaired) electrons. The van der Waals surface area contributed by atoms with Crippen LogP contribution < -0.4 is 5.32 Å². The zero-order valence-corrected chi connectivity index (χ0v) is 8.64. The molecule has 1 heterocycles. The molecule has 1 atom stereocenters. The minimum Gasteiger partial charge on any atom is -0.355 e. The van der Waals surface area contributed by atoms with Gasteiger partial charge in [0.25, 0.3) is 0 Å². The summed E-state index contributed by atoms with van der Waals surface area (Å²) in [6.45, 7) is 0.293. The molecule has 0 spiro atoms. The zero-order valence-electron chi connectivity index (χ0n) is 8.64. The second kappa shape index (κ2) is 4.01. The molecule has 1 aromatic rings. The van der Waals surface area contributed by atoms with Gasteiger partial charge < -0.3 is 5.32 Å². The van der Waals surface area contributed by atoms with Crippen molar-refractivity contribution in [3.63, 3.8) is 0 Å². The summed E-state index contributed by atoms with van der Waals surface area (Å²) >= 11 is 0. The largest absolute Gasteiger partial charge is 0.419 e. The highest BCUT2D eigenvalue weighted by atomic mass is 19.4. The zero-order chi connectivity index (χ0) is 12.6. The Balaban J connectivity index is 2.34. The van der Waals surface area contributed by atoms with E-state index >= 15 is 0 Å². The van der Waals surface area contributed by atoms with Crippen molar-refractivity contribution < 1.29 is 22.4 Å². The van der Waals surface area contributed by atoms with Crippen LogP contribution in [0.25, 0.3) is 0 Å². The van der Waals surface area contributed by atoms with Gasteiger partial charge >= 0.3 is 6.18 Å². The van der Waals surface area contributed by atoms with Crippen LogP contribution in [-0.2, 0) is 11.0 Å². The molecule has 0 bridgehead atoms. The number of carbonyl (C=O) groups is 1. The van der Waals surface area contributed by atoms with Crippen molar-refractivity contribution in [3.05, 3.63) is 35.1 Å². The fourth-order valence-corrected chi connectivity index (χ4v) is 1.85. The highest BCUT2D eigenvalue weighted by Gasteiger charge is 2.35. The summed E-state index contributed by atoms with van der Waals surface area (Å²) in [4.78, 5) is 11.0. The smallest absolute Gasteiger partial charge is 0.355 e. The average molecular weight is 247 g/mol. The Morgan fingerprint density at radius 2 is 2.00 bits per heavy atom. The lowest BCUT2D eigenvalue weighted by atomic mass is 9.96. The van der Waals surface area contributed by atoms with E-state index in [1.165, 1.54) is 6.07 Å². The standard InChI is InChI=1S/C11H9F4NO/c12-9-2-1-6(3-8(9)11(13,14)15)7-4-10(17)16-5-7/h1-3,7H,4-5H2,(H,16,17). The minimum atomic E-state index is -4.71. The van der Waals surface area contributed by atoms with Crippen molar-refractivity contribution in [1.82, 2.24) is 5.32 Å². The third-order valence-electron chi connectivity index (χ3n) is 2.74. The molecule has 1 aliphatic rings. The molecule has 2 rings (SSSR count). The van der Waals surface area contributed by atoms with Gasteiger partial charge in [0.2, 0.25) is 5.91 Å². The Hall–Kier alpha value is -1.59. The first-order chi connectivity index (χ1) is 7.88. The van der Waals surface area contributed by atoms with E-state index in [4.69, 9.17) is 0 Å². The van der Waals surface area contributed by atoms with Crippen LogP contribution in [0.3, 0.4) is 0 Å². The molecule has 1 aromatic carbocycles. The molecule has 0 aromatic heterocycles. The van der Waals surface area contributed by atoms with Gasteiger partial charge in [-0.05, 0) is 17.7 Å². The molecule has 1 amide bonds. The predicted octanol–water partition coefficient (Wildman–Crippen LogP) is 2.45. The number of rotatable bonds is 1. The Kier molecular flexibility index (Phi) is 2.81. The van der Waals surface area contributed by atoms with E-state index in [0.717, 1.165) is 12.1 Å². The second-order valence-electron chi connectivity index (χ2n) is 3.94. The average Bonchev–Trinajstić information content (AvgIpc) is 2.64. The fraction of sp³-hybridized carbons (Fsp3) is 0.364. The molecule has 0 aliphatic carbocycles. The van der Waals surface area contributed by atoms with Crippen molar-refractivity contribution in [2.45, 2.75) is 18.5 Å². The number of benzene rings is 1. The highest BCUT2D eigenvalue weighted by molar-refractivity contribution is 5.79. The Morgan fingerprint density at radius 3 is 2.53 bits per heavy atom. The molecular weight excluding hydrogens is 238 g/mol. The van der Waals surface area contributed by atoms with Gasteiger partial charge in [-0.15, -0.1) is 0 Å². The normalized spacial score (nSPS) is 20.5. The second-order valence-corrected chi connectivity index (χ2v) is 3.94. The van der Waals surface area contributed by atoms with E-state index in [0.29, 0.717) is 12.1 Å². The molecular formula is C11H9F4NO. The van der Waals surface area contributed by atoms with Crippen molar-refractivity contribution in [1.29, 1.82) is 0 Å². The third kappa shape index (κ3) is 2.40. The first kappa shape index (κ1) is 11.9. The maximum Gasteiger partial charge on any atom is 0.419 e. The monoisotopic (exact) mass is 247 g/mol. The van der Waals surface area contributed by atoms with Crippen LogP contribution in [-0.4, -0.2) is 12.5 Å². The predicted molar refractivity (Wildman–Crippen MR) is 51.8 cm³/mol. The van der Waals surface area contributed by atoms with Crippen LogP contribution in [0.5, 0.6) is 0 Å². The maximum absolute atomic E-state index is 13.0. The Morgan fingerprint density at radius 1 is 1.29 bits per heavy atom. The molecule has 1 fully saturated rings. The van der Waals surface area contributed by atoms with Crippen LogP contribution >= 0.6 is 0 Å². The summed E-state index contributed by atoms with van der Waals surface area (Å²) in [5.74, 6) is -1.81. The number of hydrogen-bond acceptors (Lipinski definition) is 1.